The Morgan fingerprint density at radius 2 is 1.95 bits per heavy atom. The second-order valence-corrected chi connectivity index (χ2v) is 5.78. The summed E-state index contributed by atoms with van der Waals surface area (Å²) in [6, 6.07) is 11.5. The second kappa shape index (κ2) is 6.60. The molecule has 22 heavy (non-hydrogen) atoms. The van der Waals surface area contributed by atoms with E-state index in [4.69, 9.17) is 0 Å². The van der Waals surface area contributed by atoms with E-state index >= 15 is 0 Å². The van der Waals surface area contributed by atoms with E-state index in [1.807, 2.05) is 43.3 Å². The topological polar surface area (TPSA) is 45.2 Å². The normalized spacial score (nSPS) is 14.7. The zero-order valence-electron chi connectivity index (χ0n) is 12.9. The van der Waals surface area contributed by atoms with Crippen LogP contribution in [0.4, 0.5) is 11.5 Å². The molecule has 0 unspecified atom stereocenters. The highest BCUT2D eigenvalue weighted by atomic mass is 16.1. The highest BCUT2D eigenvalue weighted by Gasteiger charge is 2.12. The van der Waals surface area contributed by atoms with Crippen LogP contribution in [-0.2, 0) is 0 Å². The molecule has 3 rings (SSSR count). The Morgan fingerprint density at radius 1 is 1.14 bits per heavy atom. The summed E-state index contributed by atoms with van der Waals surface area (Å²) >= 11 is 0. The fourth-order valence-corrected chi connectivity index (χ4v) is 2.76. The van der Waals surface area contributed by atoms with Gasteiger partial charge in [-0.25, -0.2) is 4.98 Å². The minimum atomic E-state index is -0.101. The summed E-state index contributed by atoms with van der Waals surface area (Å²) in [5, 5.41) is 2.90. The number of rotatable bonds is 3. The third-order valence-electron chi connectivity index (χ3n) is 3.97. The zero-order chi connectivity index (χ0) is 15.4. The zero-order valence-corrected chi connectivity index (χ0v) is 12.9. The van der Waals surface area contributed by atoms with E-state index in [2.05, 4.69) is 15.2 Å². The molecule has 0 spiro atoms. The molecule has 114 valence electrons. The van der Waals surface area contributed by atoms with E-state index in [0.29, 0.717) is 5.56 Å². The lowest BCUT2D eigenvalue weighted by molar-refractivity contribution is 0.102. The molecule has 0 radical (unpaired) electrons. The van der Waals surface area contributed by atoms with Crippen molar-refractivity contribution in [3.05, 3.63) is 53.7 Å². The standard InChI is InChI=1S/C18H21N3O/c1-14-6-5-7-15(12-14)18(22)20-16-8-9-17(19-13-16)21-10-3-2-4-11-21/h5-9,12-13H,2-4,10-11H2,1H3,(H,20,22). The van der Waals surface area contributed by atoms with Crippen LogP contribution >= 0.6 is 0 Å². The first-order valence-electron chi connectivity index (χ1n) is 7.81. The van der Waals surface area contributed by atoms with Crippen LogP contribution in [0, 0.1) is 6.92 Å². The average molecular weight is 295 g/mol. The molecule has 1 amide bonds. The number of pyridine rings is 1. The van der Waals surface area contributed by atoms with E-state index < -0.39 is 0 Å². The van der Waals surface area contributed by atoms with Gasteiger partial charge in [0, 0.05) is 18.7 Å². The van der Waals surface area contributed by atoms with Crippen LogP contribution in [0.25, 0.3) is 0 Å². The van der Waals surface area contributed by atoms with Gasteiger partial charge in [-0.1, -0.05) is 17.7 Å². The van der Waals surface area contributed by atoms with Gasteiger partial charge in [0.1, 0.15) is 5.82 Å². The molecule has 1 aliphatic rings. The molecule has 0 aliphatic carbocycles. The summed E-state index contributed by atoms with van der Waals surface area (Å²) in [4.78, 5) is 19.0. The van der Waals surface area contributed by atoms with Gasteiger partial charge >= 0.3 is 0 Å². The van der Waals surface area contributed by atoms with Gasteiger partial charge in [-0.05, 0) is 50.5 Å². The Kier molecular flexibility index (Phi) is 4.37. The number of anilines is 2. The second-order valence-electron chi connectivity index (χ2n) is 5.78. The molecule has 1 fully saturated rings. The largest absolute Gasteiger partial charge is 0.357 e. The first kappa shape index (κ1) is 14.6. The summed E-state index contributed by atoms with van der Waals surface area (Å²) in [6.07, 6.45) is 5.50. The van der Waals surface area contributed by atoms with Crippen LogP contribution in [0.1, 0.15) is 35.2 Å². The Labute approximate surface area is 131 Å². The number of aryl methyl sites for hydroxylation is 1. The maximum atomic E-state index is 12.2. The van der Waals surface area contributed by atoms with Crippen molar-refractivity contribution < 1.29 is 4.79 Å². The number of carbonyl (C=O) groups is 1. The van der Waals surface area contributed by atoms with Crippen molar-refractivity contribution in [2.75, 3.05) is 23.3 Å². The van der Waals surface area contributed by atoms with Crippen molar-refractivity contribution in [1.29, 1.82) is 0 Å². The summed E-state index contributed by atoms with van der Waals surface area (Å²) in [5.74, 6) is 0.893. The molecule has 1 aromatic heterocycles. The summed E-state index contributed by atoms with van der Waals surface area (Å²) in [5.41, 5.74) is 2.47. The Hall–Kier alpha value is -2.36. The van der Waals surface area contributed by atoms with Crippen molar-refractivity contribution in [3.8, 4) is 0 Å². The molecule has 2 aromatic rings. The van der Waals surface area contributed by atoms with Gasteiger partial charge in [0.05, 0.1) is 11.9 Å². The van der Waals surface area contributed by atoms with E-state index in [9.17, 15) is 4.79 Å². The van der Waals surface area contributed by atoms with Crippen molar-refractivity contribution in [2.24, 2.45) is 0 Å². The van der Waals surface area contributed by atoms with Gasteiger partial charge in [0.25, 0.3) is 5.91 Å². The SMILES string of the molecule is Cc1cccc(C(=O)Nc2ccc(N3CCCCC3)nc2)c1. The lowest BCUT2D eigenvalue weighted by atomic mass is 10.1. The number of piperidine rings is 1. The maximum Gasteiger partial charge on any atom is 0.255 e. The molecule has 1 saturated heterocycles. The predicted octanol–water partition coefficient (Wildman–Crippen LogP) is 3.63. The van der Waals surface area contributed by atoms with Gasteiger partial charge in [-0.2, -0.15) is 0 Å². The number of nitrogens with one attached hydrogen (secondary N) is 1. The van der Waals surface area contributed by atoms with Gasteiger partial charge in [0.15, 0.2) is 0 Å². The monoisotopic (exact) mass is 295 g/mol. The number of nitrogens with zero attached hydrogens (tertiary/aromatic N) is 2. The first-order chi connectivity index (χ1) is 10.7. The number of aromatic nitrogens is 1. The van der Waals surface area contributed by atoms with Gasteiger partial charge in [-0.3, -0.25) is 4.79 Å². The molecule has 0 bridgehead atoms. The lowest BCUT2D eigenvalue weighted by Crippen LogP contribution is -2.30. The van der Waals surface area contributed by atoms with Gasteiger partial charge in [0.2, 0.25) is 0 Å². The number of carbonyl (C=O) groups excluding carboxylic acids is 1. The molecule has 1 aliphatic heterocycles. The lowest BCUT2D eigenvalue weighted by Gasteiger charge is -2.27. The Balaban J connectivity index is 1.66. The number of hydrogen-bond donors (Lipinski definition) is 1. The average Bonchev–Trinajstić information content (AvgIpc) is 2.56. The molecule has 2 heterocycles. The molecule has 4 heteroatoms. The van der Waals surface area contributed by atoms with Gasteiger partial charge < -0.3 is 10.2 Å². The fraction of sp³-hybridized carbons (Fsp3) is 0.333. The highest BCUT2D eigenvalue weighted by Crippen LogP contribution is 2.19. The van der Waals surface area contributed by atoms with E-state index in [-0.39, 0.29) is 5.91 Å². The van der Waals surface area contributed by atoms with Crippen molar-refractivity contribution >= 4 is 17.4 Å². The molecule has 0 atom stereocenters. The smallest absolute Gasteiger partial charge is 0.255 e. The first-order valence-corrected chi connectivity index (χ1v) is 7.81. The quantitative estimate of drug-likeness (QED) is 0.940. The molecular formula is C18H21N3O. The minimum absolute atomic E-state index is 0.101. The Bertz CT molecular complexity index is 646. The molecule has 0 saturated carbocycles. The van der Waals surface area contributed by atoms with Crippen LogP contribution in [0.3, 0.4) is 0 Å². The predicted molar refractivity (Wildman–Crippen MR) is 89.4 cm³/mol. The van der Waals surface area contributed by atoms with Crippen LogP contribution in [-0.4, -0.2) is 24.0 Å². The molecule has 4 nitrogen and oxygen atoms in total. The van der Waals surface area contributed by atoms with Gasteiger partial charge in [-0.15, -0.1) is 0 Å². The van der Waals surface area contributed by atoms with Crippen LogP contribution in [0.2, 0.25) is 0 Å². The summed E-state index contributed by atoms with van der Waals surface area (Å²) < 4.78 is 0. The number of amides is 1. The van der Waals surface area contributed by atoms with Crippen molar-refractivity contribution in [2.45, 2.75) is 26.2 Å². The highest BCUT2D eigenvalue weighted by molar-refractivity contribution is 6.04. The summed E-state index contributed by atoms with van der Waals surface area (Å²) in [7, 11) is 0. The van der Waals surface area contributed by atoms with Crippen molar-refractivity contribution in [1.82, 2.24) is 4.98 Å². The molecule has 1 aromatic carbocycles. The third-order valence-corrected chi connectivity index (χ3v) is 3.97. The van der Waals surface area contributed by atoms with Crippen LogP contribution in [0.5, 0.6) is 0 Å². The Morgan fingerprint density at radius 3 is 2.64 bits per heavy atom. The minimum Gasteiger partial charge on any atom is -0.357 e. The third kappa shape index (κ3) is 3.45. The number of hydrogen-bond acceptors (Lipinski definition) is 3. The van der Waals surface area contributed by atoms with Crippen LogP contribution in [0.15, 0.2) is 42.6 Å². The van der Waals surface area contributed by atoms with E-state index in [0.717, 1.165) is 30.2 Å². The van der Waals surface area contributed by atoms with Crippen LogP contribution < -0.4 is 10.2 Å². The molecule has 1 N–H and O–H groups in total. The van der Waals surface area contributed by atoms with Crippen molar-refractivity contribution in [3.63, 3.8) is 0 Å². The summed E-state index contributed by atoms with van der Waals surface area (Å²) in [6.45, 7) is 4.12. The fourth-order valence-electron chi connectivity index (χ4n) is 2.76. The molecular weight excluding hydrogens is 274 g/mol. The maximum absolute atomic E-state index is 12.2. The van der Waals surface area contributed by atoms with E-state index in [1.54, 1.807) is 6.20 Å². The number of benzene rings is 1. The van der Waals surface area contributed by atoms with E-state index in [1.165, 1.54) is 19.3 Å².